The molecule has 4 rings (SSSR count). The number of hydrogen-bond acceptors (Lipinski definition) is 4. The van der Waals surface area contributed by atoms with Crippen molar-refractivity contribution in [2.45, 2.75) is 45.6 Å². The SMILES string of the molecule is Cc1ccc(NC(=O)[C@@H](C)N2CCC(c3nnc4ccccn34)CC2)cc1C. The number of piperidine rings is 1. The minimum atomic E-state index is -0.155. The molecule has 0 aliphatic carbocycles. The fourth-order valence-electron chi connectivity index (χ4n) is 3.91. The van der Waals surface area contributed by atoms with Gasteiger partial charge in [0.2, 0.25) is 5.91 Å². The van der Waals surface area contributed by atoms with Crippen LogP contribution in [0.25, 0.3) is 5.65 Å². The van der Waals surface area contributed by atoms with E-state index in [2.05, 4.69) is 38.7 Å². The molecule has 0 unspecified atom stereocenters. The number of likely N-dealkylation sites (tertiary alicyclic amines) is 1. The molecule has 1 N–H and O–H groups in total. The van der Waals surface area contributed by atoms with Crippen molar-refractivity contribution in [3.8, 4) is 0 Å². The van der Waals surface area contributed by atoms with E-state index in [0.29, 0.717) is 5.92 Å². The molecule has 1 aromatic carbocycles. The zero-order chi connectivity index (χ0) is 19.7. The van der Waals surface area contributed by atoms with Crippen molar-refractivity contribution >= 4 is 17.2 Å². The minimum absolute atomic E-state index is 0.0506. The van der Waals surface area contributed by atoms with Crippen LogP contribution in [-0.2, 0) is 4.79 Å². The van der Waals surface area contributed by atoms with Gasteiger partial charge in [0.25, 0.3) is 0 Å². The van der Waals surface area contributed by atoms with Crippen molar-refractivity contribution in [2.24, 2.45) is 0 Å². The summed E-state index contributed by atoms with van der Waals surface area (Å²) >= 11 is 0. The molecular weight excluding hydrogens is 350 g/mol. The molecule has 1 aliphatic rings. The van der Waals surface area contributed by atoms with E-state index < -0.39 is 0 Å². The van der Waals surface area contributed by atoms with Crippen LogP contribution >= 0.6 is 0 Å². The summed E-state index contributed by atoms with van der Waals surface area (Å²) in [7, 11) is 0. The first-order valence-electron chi connectivity index (χ1n) is 9.95. The van der Waals surface area contributed by atoms with Gasteiger partial charge in [-0.05, 0) is 82.1 Å². The zero-order valence-corrected chi connectivity index (χ0v) is 16.7. The molecule has 3 aromatic rings. The maximum absolute atomic E-state index is 12.7. The van der Waals surface area contributed by atoms with Gasteiger partial charge in [-0.2, -0.15) is 0 Å². The molecule has 1 aliphatic heterocycles. The molecule has 1 fully saturated rings. The van der Waals surface area contributed by atoms with Crippen LogP contribution in [0.3, 0.4) is 0 Å². The number of benzene rings is 1. The van der Waals surface area contributed by atoms with Gasteiger partial charge < -0.3 is 5.32 Å². The summed E-state index contributed by atoms with van der Waals surface area (Å²) in [5.74, 6) is 1.46. The van der Waals surface area contributed by atoms with Gasteiger partial charge in [0.05, 0.1) is 6.04 Å². The summed E-state index contributed by atoms with van der Waals surface area (Å²) in [6.45, 7) is 7.89. The largest absolute Gasteiger partial charge is 0.325 e. The number of pyridine rings is 1. The number of amides is 1. The standard InChI is InChI=1S/C22H27N5O/c1-15-7-8-19(14-16(15)2)23-22(28)17(3)26-12-9-18(10-13-26)21-25-24-20-6-4-5-11-27(20)21/h4-8,11,14,17-18H,9-10,12-13H2,1-3H3,(H,23,28)/t17-/m1/s1. The zero-order valence-electron chi connectivity index (χ0n) is 16.7. The van der Waals surface area contributed by atoms with Crippen LogP contribution < -0.4 is 5.32 Å². The Hall–Kier alpha value is -2.73. The Balaban J connectivity index is 1.37. The second-order valence-corrected chi connectivity index (χ2v) is 7.76. The third kappa shape index (κ3) is 3.64. The first kappa shape index (κ1) is 18.6. The number of nitrogens with zero attached hydrogens (tertiary/aromatic N) is 4. The van der Waals surface area contributed by atoms with Gasteiger partial charge in [-0.1, -0.05) is 12.1 Å². The summed E-state index contributed by atoms with van der Waals surface area (Å²) in [6.07, 6.45) is 3.99. The van der Waals surface area contributed by atoms with Gasteiger partial charge in [-0.15, -0.1) is 10.2 Å². The Kier molecular flexibility index (Phi) is 5.13. The maximum atomic E-state index is 12.7. The van der Waals surface area contributed by atoms with E-state index in [-0.39, 0.29) is 11.9 Å². The van der Waals surface area contributed by atoms with Crippen LogP contribution in [0.1, 0.15) is 42.6 Å². The molecule has 3 heterocycles. The first-order chi connectivity index (χ1) is 13.5. The summed E-state index contributed by atoms with van der Waals surface area (Å²) in [6, 6.07) is 11.9. The fraction of sp³-hybridized carbons (Fsp3) is 0.409. The van der Waals surface area contributed by atoms with E-state index in [9.17, 15) is 4.79 Å². The number of carbonyl (C=O) groups is 1. The van der Waals surface area contributed by atoms with Crippen molar-refractivity contribution in [2.75, 3.05) is 18.4 Å². The molecule has 1 amide bonds. The van der Waals surface area contributed by atoms with Crippen molar-refractivity contribution in [3.05, 3.63) is 59.5 Å². The summed E-state index contributed by atoms with van der Waals surface area (Å²) in [5.41, 5.74) is 4.17. The predicted molar refractivity (Wildman–Crippen MR) is 111 cm³/mol. The van der Waals surface area contributed by atoms with Crippen LogP contribution in [0.4, 0.5) is 5.69 Å². The quantitative estimate of drug-likeness (QED) is 0.755. The van der Waals surface area contributed by atoms with Gasteiger partial charge in [0.1, 0.15) is 5.82 Å². The Bertz CT molecular complexity index is 988. The van der Waals surface area contributed by atoms with Crippen molar-refractivity contribution in [3.63, 3.8) is 0 Å². The second-order valence-electron chi connectivity index (χ2n) is 7.76. The summed E-state index contributed by atoms with van der Waals surface area (Å²) in [4.78, 5) is 15.0. The highest BCUT2D eigenvalue weighted by molar-refractivity contribution is 5.94. The summed E-state index contributed by atoms with van der Waals surface area (Å²) < 4.78 is 2.08. The maximum Gasteiger partial charge on any atom is 0.241 e. The van der Waals surface area contributed by atoms with E-state index in [1.54, 1.807) is 0 Å². The van der Waals surface area contributed by atoms with E-state index in [1.807, 2.05) is 49.5 Å². The lowest BCUT2D eigenvalue weighted by Gasteiger charge is -2.34. The molecule has 1 saturated heterocycles. The van der Waals surface area contributed by atoms with Crippen LogP contribution in [0.15, 0.2) is 42.6 Å². The molecule has 0 radical (unpaired) electrons. The third-order valence-electron chi connectivity index (χ3n) is 5.94. The van der Waals surface area contributed by atoms with Gasteiger partial charge in [-0.3, -0.25) is 14.1 Å². The molecule has 2 aromatic heterocycles. The number of carbonyl (C=O) groups excluding carboxylic acids is 1. The van der Waals surface area contributed by atoms with Crippen molar-refractivity contribution in [1.82, 2.24) is 19.5 Å². The lowest BCUT2D eigenvalue weighted by molar-refractivity contribution is -0.121. The van der Waals surface area contributed by atoms with Gasteiger partial charge in [0.15, 0.2) is 5.65 Å². The molecule has 0 spiro atoms. The number of aromatic nitrogens is 3. The Labute approximate surface area is 165 Å². The van der Waals surface area contributed by atoms with Gasteiger partial charge >= 0.3 is 0 Å². The highest BCUT2D eigenvalue weighted by Crippen LogP contribution is 2.28. The smallest absolute Gasteiger partial charge is 0.241 e. The van der Waals surface area contributed by atoms with E-state index in [1.165, 1.54) is 11.1 Å². The van der Waals surface area contributed by atoms with Crippen molar-refractivity contribution in [1.29, 1.82) is 0 Å². The molecule has 0 bridgehead atoms. The molecule has 6 nitrogen and oxygen atoms in total. The topological polar surface area (TPSA) is 62.5 Å². The lowest BCUT2D eigenvalue weighted by Crippen LogP contribution is -2.45. The fourth-order valence-corrected chi connectivity index (χ4v) is 3.91. The Morgan fingerprint density at radius 1 is 1.11 bits per heavy atom. The predicted octanol–water partition coefficient (Wildman–Crippen LogP) is 3.55. The van der Waals surface area contributed by atoms with Crippen LogP contribution in [0.2, 0.25) is 0 Å². The minimum Gasteiger partial charge on any atom is -0.325 e. The molecular formula is C22H27N5O. The number of nitrogens with one attached hydrogen (secondary N) is 1. The monoisotopic (exact) mass is 377 g/mol. The van der Waals surface area contributed by atoms with Crippen LogP contribution in [0, 0.1) is 13.8 Å². The number of hydrogen-bond donors (Lipinski definition) is 1. The highest BCUT2D eigenvalue weighted by Gasteiger charge is 2.29. The number of anilines is 1. The Morgan fingerprint density at radius 3 is 2.64 bits per heavy atom. The lowest BCUT2D eigenvalue weighted by atomic mass is 9.95. The van der Waals surface area contributed by atoms with E-state index in [0.717, 1.165) is 43.1 Å². The average molecular weight is 377 g/mol. The molecule has 146 valence electrons. The third-order valence-corrected chi connectivity index (χ3v) is 5.94. The summed E-state index contributed by atoms with van der Waals surface area (Å²) in [5, 5.41) is 11.7. The first-order valence-corrected chi connectivity index (χ1v) is 9.95. The Morgan fingerprint density at radius 2 is 1.89 bits per heavy atom. The van der Waals surface area contributed by atoms with E-state index >= 15 is 0 Å². The second kappa shape index (κ2) is 7.72. The van der Waals surface area contributed by atoms with Gasteiger partial charge in [0, 0.05) is 17.8 Å². The number of rotatable bonds is 4. The number of aryl methyl sites for hydroxylation is 2. The van der Waals surface area contributed by atoms with E-state index in [4.69, 9.17) is 0 Å². The molecule has 28 heavy (non-hydrogen) atoms. The number of fused-ring (bicyclic) bond motifs is 1. The average Bonchev–Trinajstić information content (AvgIpc) is 3.14. The van der Waals surface area contributed by atoms with Crippen molar-refractivity contribution < 1.29 is 4.79 Å². The molecule has 1 atom stereocenters. The highest BCUT2D eigenvalue weighted by atomic mass is 16.2. The van der Waals surface area contributed by atoms with Crippen LogP contribution in [-0.4, -0.2) is 44.5 Å². The molecule has 0 saturated carbocycles. The molecule has 6 heteroatoms. The van der Waals surface area contributed by atoms with Crippen LogP contribution in [0.5, 0.6) is 0 Å². The normalized spacial score (nSPS) is 17.0. The van der Waals surface area contributed by atoms with Gasteiger partial charge in [-0.25, -0.2) is 0 Å².